The molecule has 0 saturated heterocycles. The normalized spacial score (nSPS) is 16.6. The van der Waals surface area contributed by atoms with E-state index in [1.165, 1.54) is 17.6 Å². The van der Waals surface area contributed by atoms with Crippen molar-refractivity contribution in [1.82, 2.24) is 0 Å². The average Bonchev–Trinajstić information content (AvgIpc) is 2.36. The van der Waals surface area contributed by atoms with E-state index in [0.29, 0.717) is 5.56 Å². The summed E-state index contributed by atoms with van der Waals surface area (Å²) in [5, 5.41) is 0. The maximum Gasteiger partial charge on any atom is 0.313 e. The number of ether oxygens (including phenoxy) is 1. The van der Waals surface area contributed by atoms with Gasteiger partial charge in [-0.25, -0.2) is 0 Å². The molecule has 19 heavy (non-hydrogen) atoms. The molecule has 0 saturated carbocycles. The SMILES string of the molecule is COC(=O)CC(=O)c1ccc2c(c1)CC(C)(C)CS2. The van der Waals surface area contributed by atoms with Gasteiger partial charge in [0.2, 0.25) is 0 Å². The van der Waals surface area contributed by atoms with Gasteiger partial charge in [0.1, 0.15) is 6.42 Å². The number of hydrogen-bond donors (Lipinski definition) is 0. The molecule has 1 heterocycles. The molecule has 1 aliphatic heterocycles. The molecule has 0 radical (unpaired) electrons. The summed E-state index contributed by atoms with van der Waals surface area (Å²) in [7, 11) is 1.29. The Balaban J connectivity index is 2.21. The van der Waals surface area contributed by atoms with Crippen LogP contribution in [-0.4, -0.2) is 24.6 Å². The van der Waals surface area contributed by atoms with Gasteiger partial charge in [0.05, 0.1) is 7.11 Å². The van der Waals surface area contributed by atoms with E-state index in [2.05, 4.69) is 18.6 Å². The Kier molecular flexibility index (Phi) is 3.99. The van der Waals surface area contributed by atoms with Crippen LogP contribution in [0.15, 0.2) is 23.1 Å². The molecule has 3 nitrogen and oxygen atoms in total. The summed E-state index contributed by atoms with van der Waals surface area (Å²) in [4.78, 5) is 24.3. The van der Waals surface area contributed by atoms with Gasteiger partial charge in [-0.05, 0) is 29.5 Å². The third-order valence-electron chi connectivity index (χ3n) is 3.20. The van der Waals surface area contributed by atoms with Gasteiger partial charge in [0.15, 0.2) is 5.78 Å². The number of carbonyl (C=O) groups is 2. The van der Waals surface area contributed by atoms with Crippen molar-refractivity contribution < 1.29 is 14.3 Å². The number of carbonyl (C=O) groups excluding carboxylic acids is 2. The molecule has 1 aromatic rings. The van der Waals surface area contributed by atoms with Crippen LogP contribution in [-0.2, 0) is 16.0 Å². The highest BCUT2D eigenvalue weighted by molar-refractivity contribution is 7.99. The largest absolute Gasteiger partial charge is 0.469 e. The van der Waals surface area contributed by atoms with Gasteiger partial charge in [0.25, 0.3) is 0 Å². The first-order valence-corrected chi connectivity index (χ1v) is 7.25. The summed E-state index contributed by atoms with van der Waals surface area (Å²) in [6, 6.07) is 5.71. The monoisotopic (exact) mass is 278 g/mol. The Bertz CT molecular complexity index is 520. The molecule has 2 rings (SSSR count). The molecule has 0 aromatic heterocycles. The van der Waals surface area contributed by atoms with Crippen molar-refractivity contribution in [3.05, 3.63) is 29.3 Å². The fourth-order valence-electron chi connectivity index (χ4n) is 2.18. The fraction of sp³-hybridized carbons (Fsp3) is 0.467. The number of methoxy groups -OCH3 is 1. The van der Waals surface area contributed by atoms with Gasteiger partial charge in [-0.15, -0.1) is 11.8 Å². The smallest absolute Gasteiger partial charge is 0.313 e. The number of thioether (sulfide) groups is 1. The Morgan fingerprint density at radius 3 is 2.79 bits per heavy atom. The number of esters is 1. The summed E-state index contributed by atoms with van der Waals surface area (Å²) < 4.78 is 4.52. The Morgan fingerprint density at radius 1 is 1.37 bits per heavy atom. The molecule has 1 aliphatic rings. The first-order chi connectivity index (χ1) is 8.91. The molecule has 0 fully saturated rings. The lowest BCUT2D eigenvalue weighted by atomic mass is 9.86. The lowest BCUT2D eigenvalue weighted by Gasteiger charge is -2.30. The maximum absolute atomic E-state index is 12.0. The fourth-order valence-corrected chi connectivity index (χ4v) is 3.31. The molecule has 1 aromatic carbocycles. The number of hydrogen-bond acceptors (Lipinski definition) is 4. The number of benzene rings is 1. The zero-order chi connectivity index (χ0) is 14.0. The number of Topliss-reactive ketones (excluding diaryl/α,β-unsaturated/α-hetero) is 1. The summed E-state index contributed by atoms with van der Waals surface area (Å²) >= 11 is 1.83. The van der Waals surface area contributed by atoms with Gasteiger partial charge < -0.3 is 4.74 Å². The molecule has 0 spiro atoms. The predicted octanol–water partition coefficient (Wildman–Crippen LogP) is 3.11. The second kappa shape index (κ2) is 5.37. The van der Waals surface area contributed by atoms with Crippen molar-refractivity contribution in [2.24, 2.45) is 5.41 Å². The third kappa shape index (κ3) is 3.38. The molecule has 0 N–H and O–H groups in total. The van der Waals surface area contributed by atoms with E-state index in [0.717, 1.165) is 12.2 Å². The standard InChI is InChI=1S/C15H18O3S/c1-15(2)8-11-6-10(4-5-13(11)19-9-15)12(16)7-14(17)18-3/h4-6H,7-9H2,1-3H3. The lowest BCUT2D eigenvalue weighted by molar-refractivity contribution is -0.139. The molecule has 0 aliphatic carbocycles. The van der Waals surface area contributed by atoms with Gasteiger partial charge >= 0.3 is 5.97 Å². The van der Waals surface area contributed by atoms with Crippen molar-refractivity contribution in [2.75, 3.05) is 12.9 Å². The van der Waals surface area contributed by atoms with Crippen LogP contribution >= 0.6 is 11.8 Å². The van der Waals surface area contributed by atoms with Crippen molar-refractivity contribution in [2.45, 2.75) is 31.6 Å². The summed E-state index contributed by atoms with van der Waals surface area (Å²) in [5.41, 5.74) is 2.06. The van der Waals surface area contributed by atoms with Crippen molar-refractivity contribution in [1.29, 1.82) is 0 Å². The van der Waals surface area contributed by atoms with Gasteiger partial charge in [-0.3, -0.25) is 9.59 Å². The van der Waals surface area contributed by atoms with E-state index in [-0.39, 0.29) is 17.6 Å². The Hall–Kier alpha value is -1.29. The van der Waals surface area contributed by atoms with Crippen molar-refractivity contribution >= 4 is 23.5 Å². The Labute approximate surface area is 117 Å². The van der Waals surface area contributed by atoms with Gasteiger partial charge in [-0.1, -0.05) is 19.9 Å². The van der Waals surface area contributed by atoms with Crippen LogP contribution in [0.5, 0.6) is 0 Å². The highest BCUT2D eigenvalue weighted by atomic mass is 32.2. The topological polar surface area (TPSA) is 43.4 Å². The van der Waals surface area contributed by atoms with E-state index in [9.17, 15) is 9.59 Å². The molecular weight excluding hydrogens is 260 g/mol. The van der Waals surface area contributed by atoms with Crippen LogP contribution in [0.3, 0.4) is 0 Å². The number of ketones is 1. The van der Waals surface area contributed by atoms with Crippen LogP contribution in [0.1, 0.15) is 36.2 Å². The first-order valence-electron chi connectivity index (χ1n) is 6.27. The zero-order valence-corrected chi connectivity index (χ0v) is 12.3. The number of rotatable bonds is 3. The maximum atomic E-state index is 12.0. The van der Waals surface area contributed by atoms with E-state index in [1.54, 1.807) is 6.07 Å². The van der Waals surface area contributed by atoms with E-state index in [4.69, 9.17) is 0 Å². The van der Waals surface area contributed by atoms with E-state index in [1.807, 2.05) is 23.9 Å². The minimum Gasteiger partial charge on any atom is -0.469 e. The first kappa shape index (κ1) is 14.1. The second-order valence-electron chi connectivity index (χ2n) is 5.63. The number of fused-ring (bicyclic) bond motifs is 1. The van der Waals surface area contributed by atoms with Crippen LogP contribution in [0.2, 0.25) is 0 Å². The van der Waals surface area contributed by atoms with Gasteiger partial charge in [0, 0.05) is 16.2 Å². The second-order valence-corrected chi connectivity index (χ2v) is 6.65. The average molecular weight is 278 g/mol. The minimum absolute atomic E-state index is 0.178. The molecule has 4 heteroatoms. The molecular formula is C15H18O3S. The van der Waals surface area contributed by atoms with Crippen LogP contribution in [0.25, 0.3) is 0 Å². The molecule has 102 valence electrons. The van der Waals surface area contributed by atoms with Crippen LogP contribution in [0.4, 0.5) is 0 Å². The van der Waals surface area contributed by atoms with E-state index < -0.39 is 5.97 Å². The van der Waals surface area contributed by atoms with Crippen molar-refractivity contribution in [3.63, 3.8) is 0 Å². The molecule has 0 bridgehead atoms. The highest BCUT2D eigenvalue weighted by Crippen LogP contribution is 2.39. The lowest BCUT2D eigenvalue weighted by Crippen LogP contribution is -2.22. The van der Waals surface area contributed by atoms with E-state index >= 15 is 0 Å². The molecule has 0 unspecified atom stereocenters. The zero-order valence-electron chi connectivity index (χ0n) is 11.5. The van der Waals surface area contributed by atoms with Gasteiger partial charge in [-0.2, -0.15) is 0 Å². The quantitative estimate of drug-likeness (QED) is 0.484. The van der Waals surface area contributed by atoms with Crippen molar-refractivity contribution in [3.8, 4) is 0 Å². The Morgan fingerprint density at radius 2 is 2.11 bits per heavy atom. The predicted molar refractivity (Wildman–Crippen MR) is 75.6 cm³/mol. The summed E-state index contributed by atoms with van der Waals surface area (Å²) in [6.45, 7) is 4.46. The molecule has 0 amide bonds. The van der Waals surface area contributed by atoms with Crippen LogP contribution in [0, 0.1) is 5.41 Å². The van der Waals surface area contributed by atoms with Crippen LogP contribution < -0.4 is 0 Å². The highest BCUT2D eigenvalue weighted by Gasteiger charge is 2.26. The molecule has 0 atom stereocenters. The third-order valence-corrected chi connectivity index (χ3v) is 4.84. The summed E-state index contributed by atoms with van der Waals surface area (Å²) in [6.07, 6.45) is 0.778. The summed E-state index contributed by atoms with van der Waals surface area (Å²) in [5.74, 6) is 0.426. The minimum atomic E-state index is -0.488.